The molecule has 1 unspecified atom stereocenters. The Hall–Kier alpha value is -3.20. The van der Waals surface area contributed by atoms with Gasteiger partial charge in [-0.1, -0.05) is 6.07 Å². The lowest BCUT2D eigenvalue weighted by atomic mass is 10.2. The highest BCUT2D eigenvalue weighted by molar-refractivity contribution is 5.80. The maximum absolute atomic E-state index is 5.71. The van der Waals surface area contributed by atoms with Gasteiger partial charge < -0.3 is 34.5 Å². The van der Waals surface area contributed by atoms with Gasteiger partial charge in [-0.3, -0.25) is 4.99 Å². The first-order valence-corrected chi connectivity index (χ1v) is 10.7. The van der Waals surface area contributed by atoms with Gasteiger partial charge in [0.25, 0.3) is 0 Å². The first-order valence-electron chi connectivity index (χ1n) is 10.7. The van der Waals surface area contributed by atoms with E-state index in [-0.39, 0.29) is 6.04 Å². The topological polar surface area (TPSA) is 89.5 Å². The third kappa shape index (κ3) is 6.40. The molecule has 1 aromatic carbocycles. The molecule has 1 saturated heterocycles. The summed E-state index contributed by atoms with van der Waals surface area (Å²) in [6, 6.07) is 10.1. The second kappa shape index (κ2) is 12.0. The largest absolute Gasteiger partial charge is 0.497 e. The molecule has 0 spiro atoms. The molecule has 1 aliphatic rings. The molecule has 9 nitrogen and oxygen atoms in total. The van der Waals surface area contributed by atoms with Gasteiger partial charge >= 0.3 is 0 Å². The van der Waals surface area contributed by atoms with Crippen molar-refractivity contribution in [1.82, 2.24) is 15.6 Å². The van der Waals surface area contributed by atoms with Crippen LogP contribution in [0.4, 0.5) is 5.69 Å². The van der Waals surface area contributed by atoms with Crippen LogP contribution in [0, 0.1) is 0 Å². The number of hydrogen-bond acceptors (Lipinski definition) is 7. The predicted octanol–water partition coefficient (Wildman–Crippen LogP) is 2.07. The van der Waals surface area contributed by atoms with Crippen LogP contribution in [0.2, 0.25) is 0 Å². The van der Waals surface area contributed by atoms with Crippen molar-refractivity contribution < 1.29 is 18.9 Å². The van der Waals surface area contributed by atoms with Crippen LogP contribution < -0.4 is 29.7 Å². The lowest BCUT2D eigenvalue weighted by molar-refractivity contribution is 0.143. The highest BCUT2D eigenvalue weighted by atomic mass is 16.5. The molecule has 1 atom stereocenters. The third-order valence-corrected chi connectivity index (χ3v) is 5.28. The zero-order valence-corrected chi connectivity index (χ0v) is 19.3. The summed E-state index contributed by atoms with van der Waals surface area (Å²) < 4.78 is 21.6. The van der Waals surface area contributed by atoms with E-state index in [1.54, 1.807) is 34.6 Å². The molecule has 3 rings (SSSR count). The fourth-order valence-corrected chi connectivity index (χ4v) is 3.56. The van der Waals surface area contributed by atoms with E-state index in [1.807, 2.05) is 30.3 Å². The molecule has 2 aromatic rings. The van der Waals surface area contributed by atoms with Gasteiger partial charge in [0, 0.05) is 75.5 Å². The molecule has 2 heterocycles. The van der Waals surface area contributed by atoms with Gasteiger partial charge in [-0.15, -0.1) is 0 Å². The molecule has 174 valence electrons. The Kier molecular flexibility index (Phi) is 8.79. The summed E-state index contributed by atoms with van der Waals surface area (Å²) in [7, 11) is 6.75. The maximum Gasteiger partial charge on any atom is 0.218 e. The number of rotatable bonds is 10. The molecule has 1 aliphatic heterocycles. The van der Waals surface area contributed by atoms with Crippen LogP contribution in [-0.4, -0.2) is 71.7 Å². The van der Waals surface area contributed by atoms with Crippen LogP contribution in [-0.2, 0) is 11.3 Å². The van der Waals surface area contributed by atoms with Crippen LogP contribution in [0.25, 0.3) is 0 Å². The molecule has 32 heavy (non-hydrogen) atoms. The second-order valence-electron chi connectivity index (χ2n) is 7.38. The van der Waals surface area contributed by atoms with Crippen molar-refractivity contribution in [3.8, 4) is 17.4 Å². The number of pyridine rings is 1. The van der Waals surface area contributed by atoms with Crippen molar-refractivity contribution in [2.24, 2.45) is 4.99 Å². The molecule has 1 fully saturated rings. The highest BCUT2D eigenvalue weighted by Gasteiger charge is 2.24. The van der Waals surface area contributed by atoms with Crippen LogP contribution in [0.3, 0.4) is 0 Å². The number of ether oxygens (including phenoxy) is 4. The van der Waals surface area contributed by atoms with Gasteiger partial charge in [0.1, 0.15) is 18.1 Å². The number of guanidine groups is 1. The minimum atomic E-state index is 0.268. The lowest BCUT2D eigenvalue weighted by Crippen LogP contribution is -2.44. The van der Waals surface area contributed by atoms with E-state index < -0.39 is 0 Å². The van der Waals surface area contributed by atoms with Crippen molar-refractivity contribution in [2.45, 2.75) is 19.0 Å². The van der Waals surface area contributed by atoms with Crippen molar-refractivity contribution in [3.05, 3.63) is 42.1 Å². The van der Waals surface area contributed by atoms with E-state index in [0.717, 1.165) is 48.2 Å². The molecule has 9 heteroatoms. The third-order valence-electron chi connectivity index (χ3n) is 5.28. The fourth-order valence-electron chi connectivity index (χ4n) is 3.56. The first kappa shape index (κ1) is 23.5. The summed E-state index contributed by atoms with van der Waals surface area (Å²) in [4.78, 5) is 11.0. The Morgan fingerprint density at radius 1 is 1.16 bits per heavy atom. The Balaban J connectivity index is 1.55. The van der Waals surface area contributed by atoms with Gasteiger partial charge in [0.05, 0.1) is 20.8 Å². The molecule has 0 radical (unpaired) electrons. The molecule has 0 saturated carbocycles. The van der Waals surface area contributed by atoms with Crippen LogP contribution in [0.15, 0.2) is 41.5 Å². The Morgan fingerprint density at radius 2 is 1.94 bits per heavy atom. The molecular formula is C23H33N5O4. The summed E-state index contributed by atoms with van der Waals surface area (Å²) in [6.45, 7) is 3.32. The van der Waals surface area contributed by atoms with Gasteiger partial charge in [0.15, 0.2) is 5.96 Å². The summed E-state index contributed by atoms with van der Waals surface area (Å²) in [6.07, 6.45) is 2.72. The zero-order chi connectivity index (χ0) is 22.8. The van der Waals surface area contributed by atoms with Crippen molar-refractivity contribution >= 4 is 11.6 Å². The number of benzene rings is 1. The summed E-state index contributed by atoms with van der Waals surface area (Å²) in [5.74, 6) is 2.92. The normalized spacial score (nSPS) is 16.1. The number of aliphatic imine (C=N–C) groups is 1. The molecule has 2 N–H and O–H groups in total. The van der Waals surface area contributed by atoms with E-state index in [2.05, 4.69) is 25.5 Å². The molecule has 0 bridgehead atoms. The quantitative estimate of drug-likeness (QED) is 0.328. The number of nitrogens with one attached hydrogen (secondary N) is 2. The van der Waals surface area contributed by atoms with Crippen LogP contribution in [0.1, 0.15) is 12.0 Å². The number of nitrogens with zero attached hydrogens (tertiary/aromatic N) is 3. The van der Waals surface area contributed by atoms with Crippen molar-refractivity contribution in [2.75, 3.05) is 59.6 Å². The average molecular weight is 444 g/mol. The van der Waals surface area contributed by atoms with E-state index in [1.165, 1.54) is 0 Å². The minimum Gasteiger partial charge on any atom is -0.497 e. The monoisotopic (exact) mass is 443 g/mol. The average Bonchev–Trinajstić information content (AvgIpc) is 3.30. The number of anilines is 1. The summed E-state index contributed by atoms with van der Waals surface area (Å²) >= 11 is 0. The smallest absolute Gasteiger partial charge is 0.218 e. The number of hydrogen-bond donors (Lipinski definition) is 2. The standard InChI is InChI=1S/C23H33N5O4/c1-24-23(26-15-17-6-5-8-25-22(17)32-11-10-29-2)27-18-7-9-28(16-18)19-12-20(30-3)14-21(13-19)31-4/h5-6,8,12-14,18H,7,9-11,15-16H2,1-4H3,(H2,24,26,27). The molecule has 1 aromatic heterocycles. The molecule has 0 amide bonds. The van der Waals surface area contributed by atoms with Gasteiger partial charge in [-0.2, -0.15) is 0 Å². The predicted molar refractivity (Wildman–Crippen MR) is 125 cm³/mol. The van der Waals surface area contributed by atoms with Gasteiger partial charge in [-0.25, -0.2) is 4.98 Å². The van der Waals surface area contributed by atoms with E-state index in [0.29, 0.717) is 25.6 Å². The molecular weight excluding hydrogens is 410 g/mol. The van der Waals surface area contributed by atoms with Crippen molar-refractivity contribution in [3.63, 3.8) is 0 Å². The maximum atomic E-state index is 5.71. The van der Waals surface area contributed by atoms with E-state index >= 15 is 0 Å². The Bertz CT molecular complexity index is 870. The Morgan fingerprint density at radius 3 is 2.62 bits per heavy atom. The minimum absolute atomic E-state index is 0.268. The Labute approximate surface area is 189 Å². The first-order chi connectivity index (χ1) is 15.7. The van der Waals surface area contributed by atoms with E-state index in [4.69, 9.17) is 18.9 Å². The van der Waals surface area contributed by atoms with Gasteiger partial charge in [-0.05, 0) is 12.5 Å². The second-order valence-corrected chi connectivity index (χ2v) is 7.38. The van der Waals surface area contributed by atoms with Crippen molar-refractivity contribution in [1.29, 1.82) is 0 Å². The zero-order valence-electron chi connectivity index (χ0n) is 19.3. The fraction of sp³-hybridized carbons (Fsp3) is 0.478. The SMILES string of the molecule is CN=C(NCc1cccnc1OCCOC)NC1CCN(c2cc(OC)cc(OC)c2)C1. The summed E-state index contributed by atoms with van der Waals surface area (Å²) in [5, 5.41) is 6.88. The van der Waals surface area contributed by atoms with Crippen LogP contribution in [0.5, 0.6) is 17.4 Å². The number of aromatic nitrogens is 1. The molecule has 0 aliphatic carbocycles. The summed E-state index contributed by atoms with van der Waals surface area (Å²) in [5.41, 5.74) is 2.05. The highest BCUT2D eigenvalue weighted by Crippen LogP contribution is 2.30. The number of methoxy groups -OCH3 is 3. The van der Waals surface area contributed by atoms with E-state index in [9.17, 15) is 0 Å². The lowest BCUT2D eigenvalue weighted by Gasteiger charge is -2.21. The van der Waals surface area contributed by atoms with Gasteiger partial charge in [0.2, 0.25) is 5.88 Å². The van der Waals surface area contributed by atoms with Crippen LogP contribution >= 0.6 is 0 Å².